The first-order chi connectivity index (χ1) is 8.99. The summed E-state index contributed by atoms with van der Waals surface area (Å²) < 4.78 is 14.3. The van der Waals surface area contributed by atoms with Crippen LogP contribution in [0.5, 0.6) is 5.75 Å². The Morgan fingerprint density at radius 1 is 1.37 bits per heavy atom. The SMILES string of the molecule is Cc1nc(NC(=O)c2c(O)cccc2F)ccc1Br. The molecule has 0 fully saturated rings. The topological polar surface area (TPSA) is 62.2 Å². The second kappa shape index (κ2) is 5.36. The molecule has 1 amide bonds. The van der Waals surface area contributed by atoms with E-state index in [4.69, 9.17) is 0 Å². The molecule has 2 aromatic rings. The van der Waals surface area contributed by atoms with Gasteiger partial charge in [0.25, 0.3) is 5.91 Å². The van der Waals surface area contributed by atoms with Crippen LogP contribution in [0.15, 0.2) is 34.8 Å². The molecule has 6 heteroatoms. The quantitative estimate of drug-likeness (QED) is 0.891. The maximum absolute atomic E-state index is 13.5. The summed E-state index contributed by atoms with van der Waals surface area (Å²) in [6, 6.07) is 6.97. The van der Waals surface area contributed by atoms with Crippen molar-refractivity contribution in [2.45, 2.75) is 6.92 Å². The smallest absolute Gasteiger partial charge is 0.263 e. The number of carbonyl (C=O) groups excluding carboxylic acids is 1. The lowest BCUT2D eigenvalue weighted by Gasteiger charge is -2.08. The van der Waals surface area contributed by atoms with Crippen LogP contribution < -0.4 is 5.32 Å². The summed E-state index contributed by atoms with van der Waals surface area (Å²) in [7, 11) is 0. The van der Waals surface area contributed by atoms with E-state index in [9.17, 15) is 14.3 Å². The van der Waals surface area contributed by atoms with Gasteiger partial charge in [-0.25, -0.2) is 9.37 Å². The number of halogens is 2. The van der Waals surface area contributed by atoms with Crippen LogP contribution >= 0.6 is 15.9 Å². The lowest BCUT2D eigenvalue weighted by Crippen LogP contribution is -2.15. The lowest BCUT2D eigenvalue weighted by molar-refractivity contribution is 0.102. The van der Waals surface area contributed by atoms with E-state index in [2.05, 4.69) is 26.2 Å². The molecule has 0 saturated heterocycles. The second-order valence-electron chi connectivity index (χ2n) is 3.85. The van der Waals surface area contributed by atoms with Gasteiger partial charge in [0.1, 0.15) is 22.9 Å². The van der Waals surface area contributed by atoms with Crippen molar-refractivity contribution in [1.29, 1.82) is 0 Å². The minimum atomic E-state index is -0.786. The number of amides is 1. The average molecular weight is 325 g/mol. The van der Waals surface area contributed by atoms with Crippen molar-refractivity contribution in [3.05, 3.63) is 51.9 Å². The van der Waals surface area contributed by atoms with Crippen molar-refractivity contribution in [3.8, 4) is 5.75 Å². The van der Waals surface area contributed by atoms with Gasteiger partial charge in [-0.05, 0) is 47.1 Å². The molecule has 4 nitrogen and oxygen atoms in total. The highest BCUT2D eigenvalue weighted by atomic mass is 79.9. The van der Waals surface area contributed by atoms with E-state index in [0.29, 0.717) is 5.69 Å². The third-order valence-electron chi connectivity index (χ3n) is 2.48. The lowest BCUT2D eigenvalue weighted by atomic mass is 10.1. The van der Waals surface area contributed by atoms with Crippen molar-refractivity contribution < 1.29 is 14.3 Å². The number of nitrogens with one attached hydrogen (secondary N) is 1. The number of anilines is 1. The van der Waals surface area contributed by atoms with E-state index in [1.807, 2.05) is 0 Å². The highest BCUT2D eigenvalue weighted by Crippen LogP contribution is 2.22. The molecule has 0 saturated carbocycles. The zero-order valence-corrected chi connectivity index (χ0v) is 11.5. The summed E-state index contributed by atoms with van der Waals surface area (Å²) in [6.45, 7) is 1.76. The number of hydrogen-bond donors (Lipinski definition) is 2. The molecule has 0 spiro atoms. The predicted octanol–water partition coefficient (Wildman–Crippen LogP) is 3.25. The molecule has 98 valence electrons. The van der Waals surface area contributed by atoms with Crippen molar-refractivity contribution in [3.63, 3.8) is 0 Å². The number of aromatic nitrogens is 1. The molecule has 2 rings (SSSR count). The normalized spacial score (nSPS) is 10.3. The molecule has 1 heterocycles. The number of aryl methyl sites for hydroxylation is 1. The highest BCUT2D eigenvalue weighted by molar-refractivity contribution is 9.10. The number of carbonyl (C=O) groups is 1. The van der Waals surface area contributed by atoms with Crippen molar-refractivity contribution in [2.75, 3.05) is 5.32 Å². The number of hydrogen-bond acceptors (Lipinski definition) is 3. The number of aromatic hydroxyl groups is 1. The Labute approximate surface area is 117 Å². The van der Waals surface area contributed by atoms with Crippen LogP contribution in [0.4, 0.5) is 10.2 Å². The standard InChI is InChI=1S/C13H10BrFN2O2/c1-7-8(14)5-6-11(16-7)17-13(19)12-9(15)3-2-4-10(12)18/h2-6,18H,1H3,(H,16,17,19). The van der Waals surface area contributed by atoms with Gasteiger partial charge in [-0.3, -0.25) is 4.79 Å². The summed E-state index contributed by atoms with van der Waals surface area (Å²) in [5.74, 6) is -1.66. The Morgan fingerprint density at radius 3 is 2.74 bits per heavy atom. The Morgan fingerprint density at radius 2 is 2.11 bits per heavy atom. The number of rotatable bonds is 2. The number of nitrogens with zero attached hydrogens (tertiary/aromatic N) is 1. The molecule has 0 aliphatic heterocycles. The van der Waals surface area contributed by atoms with Gasteiger partial charge >= 0.3 is 0 Å². The van der Waals surface area contributed by atoms with Crippen LogP contribution in [0.1, 0.15) is 16.1 Å². The molecule has 1 aromatic carbocycles. The molecule has 0 aliphatic rings. The van der Waals surface area contributed by atoms with Gasteiger partial charge in [0.15, 0.2) is 0 Å². The molecule has 2 N–H and O–H groups in total. The van der Waals surface area contributed by atoms with E-state index in [1.165, 1.54) is 12.1 Å². The van der Waals surface area contributed by atoms with Gasteiger partial charge < -0.3 is 10.4 Å². The van der Waals surface area contributed by atoms with Crippen molar-refractivity contribution >= 4 is 27.7 Å². The van der Waals surface area contributed by atoms with E-state index in [-0.39, 0.29) is 5.82 Å². The largest absolute Gasteiger partial charge is 0.507 e. The Kier molecular flexibility index (Phi) is 3.80. The van der Waals surface area contributed by atoms with Crippen molar-refractivity contribution in [1.82, 2.24) is 4.98 Å². The summed E-state index contributed by atoms with van der Waals surface area (Å²) in [6.07, 6.45) is 0. The molecule has 0 unspecified atom stereocenters. The van der Waals surface area contributed by atoms with Gasteiger partial charge in [-0.1, -0.05) is 6.07 Å². The molecular weight excluding hydrogens is 315 g/mol. The summed E-state index contributed by atoms with van der Waals surface area (Å²) in [5.41, 5.74) is 0.292. The minimum Gasteiger partial charge on any atom is -0.507 e. The van der Waals surface area contributed by atoms with E-state index >= 15 is 0 Å². The Hall–Kier alpha value is -1.95. The maximum atomic E-state index is 13.5. The third kappa shape index (κ3) is 2.90. The monoisotopic (exact) mass is 324 g/mol. The zero-order chi connectivity index (χ0) is 14.0. The molecular formula is C13H10BrFN2O2. The highest BCUT2D eigenvalue weighted by Gasteiger charge is 2.17. The fourth-order valence-electron chi connectivity index (χ4n) is 1.53. The first-order valence-electron chi connectivity index (χ1n) is 5.41. The first-order valence-corrected chi connectivity index (χ1v) is 6.20. The van der Waals surface area contributed by atoms with Gasteiger partial charge in [-0.2, -0.15) is 0 Å². The first kappa shape index (κ1) is 13.5. The van der Waals surface area contributed by atoms with Crippen LogP contribution in [0.2, 0.25) is 0 Å². The predicted molar refractivity (Wildman–Crippen MR) is 72.7 cm³/mol. The Bertz CT molecular complexity index is 626. The molecule has 19 heavy (non-hydrogen) atoms. The summed E-state index contributed by atoms with van der Waals surface area (Å²) >= 11 is 3.29. The fraction of sp³-hybridized carbons (Fsp3) is 0.0769. The number of phenols is 1. The van der Waals surface area contributed by atoms with E-state index < -0.39 is 23.0 Å². The Balaban J connectivity index is 2.28. The third-order valence-corrected chi connectivity index (χ3v) is 3.32. The summed E-state index contributed by atoms with van der Waals surface area (Å²) in [5, 5.41) is 11.9. The number of benzene rings is 1. The van der Waals surface area contributed by atoms with Gasteiger partial charge in [0.05, 0.1) is 5.69 Å². The molecule has 0 atom stereocenters. The van der Waals surface area contributed by atoms with Crippen molar-refractivity contribution in [2.24, 2.45) is 0 Å². The van der Waals surface area contributed by atoms with Gasteiger partial charge in [-0.15, -0.1) is 0 Å². The van der Waals surface area contributed by atoms with Gasteiger partial charge in [0, 0.05) is 4.47 Å². The maximum Gasteiger partial charge on any atom is 0.263 e. The van der Waals surface area contributed by atoms with E-state index in [0.717, 1.165) is 10.5 Å². The average Bonchev–Trinajstić information content (AvgIpc) is 2.33. The minimum absolute atomic E-state index is 0.286. The number of pyridine rings is 1. The fourth-order valence-corrected chi connectivity index (χ4v) is 1.75. The van der Waals surface area contributed by atoms with Crippen LogP contribution in [0.25, 0.3) is 0 Å². The molecule has 0 radical (unpaired) electrons. The zero-order valence-electron chi connectivity index (χ0n) is 9.95. The molecule has 0 aliphatic carbocycles. The second-order valence-corrected chi connectivity index (χ2v) is 4.71. The van der Waals surface area contributed by atoms with Crippen LogP contribution in [-0.2, 0) is 0 Å². The van der Waals surface area contributed by atoms with E-state index in [1.54, 1.807) is 19.1 Å². The number of phenolic OH excluding ortho intramolecular Hbond substituents is 1. The van der Waals surface area contributed by atoms with Gasteiger partial charge in [0.2, 0.25) is 0 Å². The van der Waals surface area contributed by atoms with Crippen LogP contribution in [0.3, 0.4) is 0 Å². The summed E-state index contributed by atoms with van der Waals surface area (Å²) in [4.78, 5) is 16.0. The molecule has 0 bridgehead atoms. The van der Waals surface area contributed by atoms with Crippen LogP contribution in [-0.4, -0.2) is 16.0 Å². The molecule has 1 aromatic heterocycles. The van der Waals surface area contributed by atoms with Crippen LogP contribution in [0, 0.1) is 12.7 Å².